The monoisotopic (exact) mass is 350 g/mol. The summed E-state index contributed by atoms with van der Waals surface area (Å²) in [5.41, 5.74) is 7.31. The number of halogens is 2. The fourth-order valence-corrected chi connectivity index (χ4v) is 2.34. The highest BCUT2D eigenvalue weighted by Crippen LogP contribution is 2.20. The molecule has 110 valence electrons. The molecule has 0 aliphatic heterocycles. The first kappa shape index (κ1) is 15.5. The summed E-state index contributed by atoms with van der Waals surface area (Å²) in [5.74, 6) is -1.01. The van der Waals surface area contributed by atoms with Crippen LogP contribution in [0.15, 0.2) is 40.9 Å². The summed E-state index contributed by atoms with van der Waals surface area (Å²) in [6.07, 6.45) is 0. The van der Waals surface area contributed by atoms with E-state index in [1.54, 1.807) is 6.92 Å². The standard InChI is InChI=1S/C16H16BrFN2O/c1-9-7-13(19)8-14(15(9)18)16(21)20-10(2)11-3-5-12(17)6-4-11/h3-8,10H,19H2,1-2H3,(H,20,21)/t10-/m0/s1. The van der Waals surface area contributed by atoms with Gasteiger partial charge in [0.25, 0.3) is 5.91 Å². The molecule has 5 heteroatoms. The first-order valence-corrected chi connectivity index (χ1v) is 7.29. The molecule has 0 spiro atoms. The number of anilines is 1. The van der Waals surface area contributed by atoms with Gasteiger partial charge in [-0.1, -0.05) is 28.1 Å². The van der Waals surface area contributed by atoms with E-state index in [1.807, 2.05) is 31.2 Å². The minimum absolute atomic E-state index is 0.0311. The van der Waals surface area contributed by atoms with Crippen molar-refractivity contribution in [3.8, 4) is 0 Å². The lowest BCUT2D eigenvalue weighted by Crippen LogP contribution is -2.27. The Balaban J connectivity index is 2.20. The smallest absolute Gasteiger partial charge is 0.254 e. The molecule has 3 nitrogen and oxygen atoms in total. The second-order valence-electron chi connectivity index (χ2n) is 4.95. The Morgan fingerprint density at radius 2 is 1.90 bits per heavy atom. The van der Waals surface area contributed by atoms with Crippen molar-refractivity contribution in [2.45, 2.75) is 19.9 Å². The molecule has 0 aliphatic carbocycles. The number of hydrogen-bond acceptors (Lipinski definition) is 2. The number of aryl methyl sites for hydroxylation is 1. The van der Waals surface area contributed by atoms with Gasteiger partial charge in [-0.05, 0) is 49.2 Å². The van der Waals surface area contributed by atoms with Crippen molar-refractivity contribution in [3.63, 3.8) is 0 Å². The van der Waals surface area contributed by atoms with Crippen molar-refractivity contribution in [1.82, 2.24) is 5.32 Å². The first-order chi connectivity index (χ1) is 9.88. The lowest BCUT2D eigenvalue weighted by Gasteiger charge is -2.15. The van der Waals surface area contributed by atoms with Crippen LogP contribution in [0.1, 0.15) is 34.5 Å². The third-order valence-electron chi connectivity index (χ3n) is 3.24. The van der Waals surface area contributed by atoms with Gasteiger partial charge in [0.05, 0.1) is 11.6 Å². The molecular weight excluding hydrogens is 335 g/mol. The Bertz CT molecular complexity index is 671. The molecule has 0 saturated heterocycles. The summed E-state index contributed by atoms with van der Waals surface area (Å²) in [6, 6.07) is 10.2. The molecule has 2 aromatic carbocycles. The number of nitrogens with one attached hydrogen (secondary N) is 1. The Kier molecular flexibility index (Phi) is 4.63. The molecule has 2 aromatic rings. The Morgan fingerprint density at radius 3 is 2.52 bits per heavy atom. The van der Waals surface area contributed by atoms with Crippen LogP contribution in [0.2, 0.25) is 0 Å². The number of hydrogen-bond donors (Lipinski definition) is 2. The number of nitrogen functional groups attached to an aromatic ring is 1. The lowest BCUT2D eigenvalue weighted by atomic mass is 10.1. The summed E-state index contributed by atoms with van der Waals surface area (Å²) < 4.78 is 15.0. The molecule has 21 heavy (non-hydrogen) atoms. The third-order valence-corrected chi connectivity index (χ3v) is 3.77. The summed E-state index contributed by atoms with van der Waals surface area (Å²) in [7, 11) is 0. The van der Waals surface area contributed by atoms with Crippen LogP contribution in [0.25, 0.3) is 0 Å². The van der Waals surface area contributed by atoms with E-state index in [0.29, 0.717) is 11.3 Å². The number of carbonyl (C=O) groups excluding carboxylic acids is 1. The van der Waals surface area contributed by atoms with E-state index in [9.17, 15) is 9.18 Å². The van der Waals surface area contributed by atoms with E-state index >= 15 is 0 Å². The minimum atomic E-state index is -0.537. The van der Waals surface area contributed by atoms with Gasteiger partial charge in [-0.15, -0.1) is 0 Å². The molecule has 0 aromatic heterocycles. The molecule has 3 N–H and O–H groups in total. The zero-order valence-corrected chi connectivity index (χ0v) is 13.4. The van der Waals surface area contributed by atoms with Gasteiger partial charge in [0.2, 0.25) is 0 Å². The average molecular weight is 351 g/mol. The van der Waals surface area contributed by atoms with Gasteiger partial charge in [0.1, 0.15) is 5.82 Å². The van der Waals surface area contributed by atoms with Crippen LogP contribution in [0.3, 0.4) is 0 Å². The van der Waals surface area contributed by atoms with Crippen molar-refractivity contribution in [3.05, 3.63) is 63.4 Å². The van der Waals surface area contributed by atoms with E-state index < -0.39 is 11.7 Å². The van der Waals surface area contributed by atoms with E-state index in [-0.39, 0.29) is 11.6 Å². The summed E-state index contributed by atoms with van der Waals surface area (Å²) in [5, 5.41) is 2.78. The molecule has 1 atom stereocenters. The molecule has 0 fully saturated rings. The van der Waals surface area contributed by atoms with Gasteiger partial charge < -0.3 is 11.1 Å². The molecule has 0 radical (unpaired) electrons. The summed E-state index contributed by atoms with van der Waals surface area (Å²) >= 11 is 3.36. The van der Waals surface area contributed by atoms with Gasteiger partial charge in [0, 0.05) is 10.2 Å². The zero-order chi connectivity index (χ0) is 15.6. The molecule has 1 amide bonds. The van der Waals surface area contributed by atoms with Crippen LogP contribution in [-0.2, 0) is 0 Å². The fourth-order valence-electron chi connectivity index (χ4n) is 2.07. The highest BCUT2D eigenvalue weighted by Gasteiger charge is 2.17. The van der Waals surface area contributed by atoms with Crippen LogP contribution < -0.4 is 11.1 Å². The quantitative estimate of drug-likeness (QED) is 0.823. The summed E-state index contributed by atoms with van der Waals surface area (Å²) in [6.45, 7) is 3.43. The predicted octanol–water partition coefficient (Wildman–Crippen LogP) is 3.97. The number of nitrogens with two attached hydrogens (primary N) is 1. The van der Waals surface area contributed by atoms with Gasteiger partial charge in [-0.2, -0.15) is 0 Å². The lowest BCUT2D eigenvalue weighted by molar-refractivity contribution is 0.0935. The Labute approximate surface area is 131 Å². The van der Waals surface area contributed by atoms with E-state index in [1.165, 1.54) is 12.1 Å². The van der Waals surface area contributed by atoms with E-state index in [2.05, 4.69) is 21.2 Å². The van der Waals surface area contributed by atoms with Crippen LogP contribution in [0.4, 0.5) is 10.1 Å². The van der Waals surface area contributed by atoms with Crippen LogP contribution in [0, 0.1) is 12.7 Å². The molecule has 0 bridgehead atoms. The molecule has 0 aliphatic rings. The van der Waals surface area contributed by atoms with Crippen molar-refractivity contribution in [2.75, 3.05) is 5.73 Å². The van der Waals surface area contributed by atoms with Crippen molar-refractivity contribution >= 4 is 27.5 Å². The van der Waals surface area contributed by atoms with Crippen LogP contribution in [0.5, 0.6) is 0 Å². The maximum atomic E-state index is 14.0. The second-order valence-corrected chi connectivity index (χ2v) is 5.86. The first-order valence-electron chi connectivity index (χ1n) is 6.50. The molecule has 2 rings (SSSR count). The predicted molar refractivity (Wildman–Crippen MR) is 85.6 cm³/mol. The minimum Gasteiger partial charge on any atom is -0.399 e. The van der Waals surface area contributed by atoms with E-state index in [0.717, 1.165) is 10.0 Å². The van der Waals surface area contributed by atoms with Gasteiger partial charge in [0.15, 0.2) is 0 Å². The van der Waals surface area contributed by atoms with Gasteiger partial charge in [-0.3, -0.25) is 4.79 Å². The van der Waals surface area contributed by atoms with Crippen LogP contribution >= 0.6 is 15.9 Å². The molecular formula is C16H16BrFN2O. The summed E-state index contributed by atoms with van der Waals surface area (Å²) in [4.78, 5) is 12.2. The normalized spacial score (nSPS) is 12.0. The zero-order valence-electron chi connectivity index (χ0n) is 11.8. The number of rotatable bonds is 3. The Hall–Kier alpha value is -1.88. The molecule has 0 saturated carbocycles. The maximum absolute atomic E-state index is 14.0. The Morgan fingerprint density at radius 1 is 1.29 bits per heavy atom. The van der Waals surface area contributed by atoms with Crippen molar-refractivity contribution in [1.29, 1.82) is 0 Å². The number of carbonyl (C=O) groups is 1. The van der Waals surface area contributed by atoms with Crippen molar-refractivity contribution < 1.29 is 9.18 Å². The molecule has 0 unspecified atom stereocenters. The largest absolute Gasteiger partial charge is 0.399 e. The van der Waals surface area contributed by atoms with Crippen molar-refractivity contribution in [2.24, 2.45) is 0 Å². The van der Waals surface area contributed by atoms with E-state index in [4.69, 9.17) is 5.73 Å². The van der Waals surface area contributed by atoms with Gasteiger partial charge >= 0.3 is 0 Å². The topological polar surface area (TPSA) is 55.1 Å². The molecule has 0 heterocycles. The maximum Gasteiger partial charge on any atom is 0.254 e. The second kappa shape index (κ2) is 6.26. The SMILES string of the molecule is Cc1cc(N)cc(C(=O)N[C@@H](C)c2ccc(Br)cc2)c1F. The van der Waals surface area contributed by atoms with Gasteiger partial charge in [-0.25, -0.2) is 4.39 Å². The van der Waals surface area contributed by atoms with Crippen LogP contribution in [-0.4, -0.2) is 5.91 Å². The number of benzene rings is 2. The number of amides is 1. The third kappa shape index (κ3) is 3.61. The average Bonchev–Trinajstić information content (AvgIpc) is 2.43. The fraction of sp³-hybridized carbons (Fsp3) is 0.188. The highest BCUT2D eigenvalue weighted by atomic mass is 79.9. The highest BCUT2D eigenvalue weighted by molar-refractivity contribution is 9.10.